The lowest BCUT2D eigenvalue weighted by atomic mass is 10.0. The molecule has 1 heterocycles. The molecule has 0 atom stereocenters. The summed E-state index contributed by atoms with van der Waals surface area (Å²) >= 11 is 5.71. The van der Waals surface area contributed by atoms with Gasteiger partial charge in [0.2, 0.25) is 0 Å². The molecule has 2 amide bonds. The fourth-order valence-corrected chi connectivity index (χ4v) is 2.21. The van der Waals surface area contributed by atoms with Crippen molar-refractivity contribution in [3.05, 3.63) is 40.4 Å². The Bertz CT molecular complexity index is 530. The highest BCUT2D eigenvalue weighted by Gasteiger charge is 2.33. The van der Waals surface area contributed by atoms with Crippen molar-refractivity contribution in [3.63, 3.8) is 0 Å². The van der Waals surface area contributed by atoms with Crippen LogP contribution in [0.4, 0.5) is 5.69 Å². The van der Waals surface area contributed by atoms with Crippen LogP contribution in [0.1, 0.15) is 18.1 Å². The summed E-state index contributed by atoms with van der Waals surface area (Å²) in [6.45, 7) is 2.22. The summed E-state index contributed by atoms with van der Waals surface area (Å²) < 4.78 is 0. The molecule has 2 rings (SSSR count). The van der Waals surface area contributed by atoms with Crippen molar-refractivity contribution in [2.75, 3.05) is 4.90 Å². The Morgan fingerprint density at radius 3 is 2.44 bits per heavy atom. The van der Waals surface area contributed by atoms with E-state index in [0.717, 1.165) is 22.1 Å². The first-order valence-electron chi connectivity index (χ1n) is 5.66. The number of aryl methyl sites for hydroxylation is 1. The van der Waals surface area contributed by atoms with Crippen molar-refractivity contribution < 1.29 is 9.59 Å². The highest BCUT2D eigenvalue weighted by molar-refractivity contribution is 6.51. The van der Waals surface area contributed by atoms with Crippen LogP contribution in [0.15, 0.2) is 29.3 Å². The third-order valence-electron chi connectivity index (χ3n) is 2.91. The number of imide groups is 1. The molecule has 1 aromatic carbocycles. The van der Waals surface area contributed by atoms with Crippen LogP contribution in [0.25, 0.3) is 0 Å². The summed E-state index contributed by atoms with van der Waals surface area (Å²) in [6, 6.07) is 5.55. The van der Waals surface area contributed by atoms with Gasteiger partial charge in [0.15, 0.2) is 0 Å². The summed E-state index contributed by atoms with van der Waals surface area (Å²) in [4.78, 5) is 24.9. The average Bonchev–Trinajstić information content (AvgIpc) is 2.62. The van der Waals surface area contributed by atoms with E-state index in [1.165, 1.54) is 0 Å². The van der Waals surface area contributed by atoms with Crippen molar-refractivity contribution in [2.45, 2.75) is 19.9 Å². The Morgan fingerprint density at radius 1 is 1.28 bits per heavy atom. The van der Waals surface area contributed by atoms with Crippen LogP contribution in [0.2, 0.25) is 0 Å². The van der Waals surface area contributed by atoms with E-state index in [4.69, 9.17) is 17.3 Å². The molecule has 0 bridgehead atoms. The first-order valence-corrected chi connectivity index (χ1v) is 6.04. The van der Waals surface area contributed by atoms with Gasteiger partial charge < -0.3 is 5.73 Å². The van der Waals surface area contributed by atoms with Gasteiger partial charge in [-0.3, -0.25) is 9.59 Å². The van der Waals surface area contributed by atoms with Gasteiger partial charge in [0.25, 0.3) is 11.8 Å². The molecule has 0 fully saturated rings. The van der Waals surface area contributed by atoms with Crippen LogP contribution in [0.5, 0.6) is 0 Å². The molecule has 18 heavy (non-hydrogen) atoms. The Kier molecular flexibility index (Phi) is 3.50. The number of hydrogen-bond donors (Lipinski definition) is 1. The molecule has 0 saturated heterocycles. The van der Waals surface area contributed by atoms with Gasteiger partial charge in [-0.2, -0.15) is 0 Å². The largest absolute Gasteiger partial charge is 0.326 e. The second kappa shape index (κ2) is 4.92. The number of hydrogen-bond acceptors (Lipinski definition) is 3. The second-order valence-electron chi connectivity index (χ2n) is 3.95. The highest BCUT2D eigenvalue weighted by atomic mass is 35.5. The van der Waals surface area contributed by atoms with Crippen molar-refractivity contribution >= 4 is 29.1 Å². The lowest BCUT2D eigenvalue weighted by molar-refractivity contribution is -0.120. The third-order valence-corrected chi connectivity index (χ3v) is 3.18. The number of nitrogens with two attached hydrogens (primary N) is 1. The summed E-state index contributed by atoms with van der Waals surface area (Å²) in [5.74, 6) is -0.905. The number of halogens is 1. The van der Waals surface area contributed by atoms with E-state index in [9.17, 15) is 9.59 Å². The molecule has 0 spiro atoms. The molecule has 94 valence electrons. The third kappa shape index (κ3) is 1.94. The zero-order valence-corrected chi connectivity index (χ0v) is 10.7. The second-order valence-corrected chi connectivity index (χ2v) is 4.36. The fraction of sp³-hybridized carbons (Fsp3) is 0.231. The van der Waals surface area contributed by atoms with Crippen molar-refractivity contribution in [1.29, 1.82) is 0 Å². The SMILES string of the molecule is CCc1cccc(CN)c1N1C(=O)C=C(Cl)C1=O. The maximum atomic E-state index is 11.9. The number of benzene rings is 1. The minimum absolute atomic E-state index is 0.0612. The number of carbonyl (C=O) groups is 2. The van der Waals surface area contributed by atoms with E-state index in [1.54, 1.807) is 6.07 Å². The van der Waals surface area contributed by atoms with Gasteiger partial charge in [0.1, 0.15) is 5.03 Å². The van der Waals surface area contributed by atoms with Gasteiger partial charge >= 0.3 is 0 Å². The molecule has 4 nitrogen and oxygen atoms in total. The Hall–Kier alpha value is -1.65. The van der Waals surface area contributed by atoms with Crippen LogP contribution in [-0.4, -0.2) is 11.8 Å². The van der Waals surface area contributed by atoms with Crippen LogP contribution < -0.4 is 10.6 Å². The van der Waals surface area contributed by atoms with E-state index >= 15 is 0 Å². The summed E-state index contributed by atoms with van der Waals surface area (Å²) in [5, 5.41) is -0.0612. The molecule has 0 unspecified atom stereocenters. The zero-order valence-electron chi connectivity index (χ0n) is 9.94. The molecule has 1 aromatic rings. The van der Waals surface area contributed by atoms with Crippen molar-refractivity contribution in [3.8, 4) is 0 Å². The molecule has 0 aromatic heterocycles. The maximum absolute atomic E-state index is 11.9. The topological polar surface area (TPSA) is 63.4 Å². The van der Waals surface area contributed by atoms with E-state index in [2.05, 4.69) is 0 Å². The molecule has 1 aliphatic heterocycles. The van der Waals surface area contributed by atoms with Gasteiger partial charge in [-0.15, -0.1) is 0 Å². The van der Waals surface area contributed by atoms with Crippen molar-refractivity contribution in [2.24, 2.45) is 5.73 Å². The highest BCUT2D eigenvalue weighted by Crippen LogP contribution is 2.31. The Balaban J connectivity index is 2.58. The lowest BCUT2D eigenvalue weighted by Crippen LogP contribution is -2.32. The quantitative estimate of drug-likeness (QED) is 0.846. The van der Waals surface area contributed by atoms with Crippen LogP contribution in [0.3, 0.4) is 0 Å². The normalized spacial score (nSPS) is 15.3. The van der Waals surface area contributed by atoms with Crippen LogP contribution in [-0.2, 0) is 22.6 Å². The number of anilines is 1. The lowest BCUT2D eigenvalue weighted by Gasteiger charge is -2.21. The molecule has 0 saturated carbocycles. The molecular formula is C13H13ClN2O2. The van der Waals surface area contributed by atoms with Gasteiger partial charge in [0, 0.05) is 12.6 Å². The molecule has 5 heteroatoms. The Labute approximate surface area is 110 Å². The molecule has 0 aliphatic carbocycles. The molecule has 2 N–H and O–H groups in total. The number of carbonyl (C=O) groups excluding carboxylic acids is 2. The van der Waals surface area contributed by atoms with Gasteiger partial charge in [0.05, 0.1) is 5.69 Å². The van der Waals surface area contributed by atoms with Crippen LogP contribution >= 0.6 is 11.6 Å². The zero-order chi connectivity index (χ0) is 13.3. The molecule has 0 radical (unpaired) electrons. The minimum atomic E-state index is -0.489. The van der Waals surface area contributed by atoms with E-state index in [0.29, 0.717) is 12.1 Å². The van der Waals surface area contributed by atoms with Gasteiger partial charge in [-0.25, -0.2) is 4.90 Å². The smallest absolute Gasteiger partial charge is 0.277 e. The predicted octanol–water partition coefficient (Wildman–Crippen LogP) is 1.70. The summed E-state index contributed by atoms with van der Waals surface area (Å²) in [5.41, 5.74) is 7.90. The summed E-state index contributed by atoms with van der Waals surface area (Å²) in [6.07, 6.45) is 1.84. The average molecular weight is 265 g/mol. The maximum Gasteiger partial charge on any atom is 0.277 e. The minimum Gasteiger partial charge on any atom is -0.326 e. The van der Waals surface area contributed by atoms with Crippen LogP contribution in [0, 0.1) is 0 Å². The van der Waals surface area contributed by atoms with E-state index in [1.807, 2.05) is 19.1 Å². The fourth-order valence-electron chi connectivity index (χ4n) is 2.04. The Morgan fingerprint density at radius 2 is 1.94 bits per heavy atom. The standard InChI is InChI=1S/C13H13ClN2O2/c1-2-8-4-3-5-9(7-15)12(8)16-11(17)6-10(14)13(16)18/h3-6H,2,7,15H2,1H3. The van der Waals surface area contributed by atoms with Crippen molar-refractivity contribution in [1.82, 2.24) is 0 Å². The summed E-state index contributed by atoms with van der Waals surface area (Å²) in [7, 11) is 0. The first-order chi connectivity index (χ1) is 8.60. The number of para-hydroxylation sites is 1. The van der Waals surface area contributed by atoms with E-state index < -0.39 is 11.8 Å². The van der Waals surface area contributed by atoms with E-state index in [-0.39, 0.29) is 11.6 Å². The number of nitrogens with zero attached hydrogens (tertiary/aromatic N) is 1. The monoisotopic (exact) mass is 264 g/mol. The molecular weight excluding hydrogens is 252 g/mol. The van der Waals surface area contributed by atoms with Gasteiger partial charge in [-0.1, -0.05) is 36.7 Å². The molecule has 1 aliphatic rings. The predicted molar refractivity (Wildman–Crippen MR) is 70.1 cm³/mol. The first kappa shape index (κ1) is 12.8. The number of amides is 2. The number of rotatable bonds is 3. The van der Waals surface area contributed by atoms with Gasteiger partial charge in [-0.05, 0) is 17.5 Å².